The van der Waals surface area contributed by atoms with E-state index >= 15 is 0 Å². The molecule has 2 amide bonds. The molecule has 6 nitrogen and oxygen atoms in total. The molecule has 6 heteroatoms. The fraction of sp³-hybridized carbons (Fsp3) is 0.438. The Morgan fingerprint density at radius 1 is 1.18 bits per heavy atom. The third kappa shape index (κ3) is 3.98. The molecular formula is C16H19N3O3. The molecule has 2 rings (SSSR count). The second-order valence-corrected chi connectivity index (χ2v) is 5.12. The second kappa shape index (κ2) is 7.46. The maximum absolute atomic E-state index is 12.3. The van der Waals surface area contributed by atoms with Crippen LogP contribution in [0.3, 0.4) is 0 Å². The summed E-state index contributed by atoms with van der Waals surface area (Å²) in [6, 6.07) is 9.31. The summed E-state index contributed by atoms with van der Waals surface area (Å²) >= 11 is 0. The zero-order valence-electron chi connectivity index (χ0n) is 12.6. The summed E-state index contributed by atoms with van der Waals surface area (Å²) in [5.74, 6) is 0.611. The fourth-order valence-corrected chi connectivity index (χ4v) is 2.45. The van der Waals surface area contributed by atoms with Crippen molar-refractivity contribution < 1.29 is 14.3 Å². The van der Waals surface area contributed by atoms with E-state index in [1.54, 1.807) is 16.9 Å². The lowest BCUT2D eigenvalue weighted by atomic mass is 10.1. The van der Waals surface area contributed by atoms with Gasteiger partial charge in [0.1, 0.15) is 12.2 Å². The number of hydrogen-bond acceptors (Lipinski definition) is 4. The minimum Gasteiger partial charge on any atom is -0.497 e. The molecule has 0 N–H and O–H groups in total. The van der Waals surface area contributed by atoms with Gasteiger partial charge in [-0.05, 0) is 17.7 Å². The van der Waals surface area contributed by atoms with Crippen molar-refractivity contribution in [3.05, 3.63) is 29.8 Å². The van der Waals surface area contributed by atoms with Gasteiger partial charge in [-0.2, -0.15) is 5.26 Å². The molecule has 0 atom stereocenters. The van der Waals surface area contributed by atoms with Crippen LogP contribution in [-0.2, 0) is 16.0 Å². The normalized spacial score (nSPS) is 14.4. The molecular weight excluding hydrogens is 282 g/mol. The van der Waals surface area contributed by atoms with Crippen molar-refractivity contribution >= 4 is 11.8 Å². The minimum absolute atomic E-state index is 0.0423. The zero-order valence-corrected chi connectivity index (χ0v) is 12.6. The van der Waals surface area contributed by atoms with Gasteiger partial charge in [0.15, 0.2) is 0 Å². The molecule has 1 aromatic rings. The van der Waals surface area contributed by atoms with E-state index in [4.69, 9.17) is 10.00 Å². The number of amides is 2. The Kier molecular flexibility index (Phi) is 5.37. The molecule has 116 valence electrons. The molecule has 0 aromatic heterocycles. The van der Waals surface area contributed by atoms with Crippen LogP contribution in [0.4, 0.5) is 0 Å². The standard InChI is InChI=1S/C16H19N3O3/c1-22-14-4-2-3-13(11-14)12-16(21)19-9-7-18(8-10-19)15(20)5-6-17/h2-4,11H,5,7-10,12H2,1H3. The maximum atomic E-state index is 12.3. The quantitative estimate of drug-likeness (QED) is 0.825. The Hall–Kier alpha value is -2.55. The molecule has 0 saturated carbocycles. The van der Waals surface area contributed by atoms with E-state index in [9.17, 15) is 9.59 Å². The molecule has 0 radical (unpaired) electrons. The van der Waals surface area contributed by atoms with Gasteiger partial charge in [0.05, 0.1) is 19.6 Å². The zero-order chi connectivity index (χ0) is 15.9. The van der Waals surface area contributed by atoms with Gasteiger partial charge in [-0.1, -0.05) is 12.1 Å². The summed E-state index contributed by atoms with van der Waals surface area (Å²) in [5, 5.41) is 8.54. The number of nitrogens with zero attached hydrogens (tertiary/aromatic N) is 3. The first-order valence-corrected chi connectivity index (χ1v) is 7.19. The molecule has 1 saturated heterocycles. The van der Waals surface area contributed by atoms with Gasteiger partial charge in [0.2, 0.25) is 11.8 Å². The lowest BCUT2D eigenvalue weighted by Gasteiger charge is -2.34. The molecule has 0 spiro atoms. The summed E-state index contributed by atoms with van der Waals surface area (Å²) in [4.78, 5) is 27.3. The number of benzene rings is 1. The van der Waals surface area contributed by atoms with E-state index in [1.807, 2.05) is 30.3 Å². The third-order valence-electron chi connectivity index (χ3n) is 3.70. The average molecular weight is 301 g/mol. The molecule has 1 aliphatic heterocycles. The Bertz CT molecular complexity index is 587. The summed E-state index contributed by atoms with van der Waals surface area (Å²) < 4.78 is 5.15. The topological polar surface area (TPSA) is 73.6 Å². The van der Waals surface area contributed by atoms with Crippen LogP contribution in [-0.4, -0.2) is 54.9 Å². The molecule has 1 aliphatic rings. The minimum atomic E-state index is -0.164. The largest absolute Gasteiger partial charge is 0.497 e. The van der Waals surface area contributed by atoms with Crippen molar-refractivity contribution in [2.45, 2.75) is 12.8 Å². The second-order valence-electron chi connectivity index (χ2n) is 5.12. The number of carbonyl (C=O) groups excluding carboxylic acids is 2. The van der Waals surface area contributed by atoms with Crippen molar-refractivity contribution in [2.75, 3.05) is 33.3 Å². The average Bonchev–Trinajstić information content (AvgIpc) is 2.55. The van der Waals surface area contributed by atoms with Gasteiger partial charge in [0.25, 0.3) is 0 Å². The van der Waals surface area contributed by atoms with Crippen molar-refractivity contribution in [1.29, 1.82) is 5.26 Å². The van der Waals surface area contributed by atoms with Gasteiger partial charge in [-0.3, -0.25) is 9.59 Å². The number of methoxy groups -OCH3 is 1. The number of hydrogen-bond donors (Lipinski definition) is 0. The molecule has 0 unspecified atom stereocenters. The predicted octanol–water partition coefficient (Wildman–Crippen LogP) is 0.822. The first-order chi connectivity index (χ1) is 10.6. The number of piperazine rings is 1. The highest BCUT2D eigenvalue weighted by atomic mass is 16.5. The summed E-state index contributed by atoms with van der Waals surface area (Å²) in [7, 11) is 1.60. The van der Waals surface area contributed by atoms with Crippen LogP contribution in [0.15, 0.2) is 24.3 Å². The van der Waals surface area contributed by atoms with Gasteiger partial charge < -0.3 is 14.5 Å². The van der Waals surface area contributed by atoms with Crippen LogP contribution < -0.4 is 4.74 Å². The SMILES string of the molecule is COc1cccc(CC(=O)N2CCN(C(=O)CC#N)CC2)c1. The summed E-state index contributed by atoms with van der Waals surface area (Å²) in [6.45, 7) is 2.01. The molecule has 0 bridgehead atoms. The van der Waals surface area contributed by atoms with E-state index < -0.39 is 0 Å². The predicted molar refractivity (Wildman–Crippen MR) is 80.1 cm³/mol. The van der Waals surface area contributed by atoms with E-state index in [0.29, 0.717) is 32.6 Å². The van der Waals surface area contributed by atoms with Gasteiger partial charge in [-0.25, -0.2) is 0 Å². The van der Waals surface area contributed by atoms with Crippen molar-refractivity contribution in [3.63, 3.8) is 0 Å². The third-order valence-corrected chi connectivity index (χ3v) is 3.70. The highest BCUT2D eigenvalue weighted by Gasteiger charge is 2.23. The number of nitriles is 1. The van der Waals surface area contributed by atoms with Crippen LogP contribution in [0, 0.1) is 11.3 Å². The van der Waals surface area contributed by atoms with Gasteiger partial charge in [0, 0.05) is 26.2 Å². The van der Waals surface area contributed by atoms with Crippen molar-refractivity contribution in [3.8, 4) is 11.8 Å². The van der Waals surface area contributed by atoms with E-state index in [1.165, 1.54) is 0 Å². The Labute approximate surface area is 129 Å². The first kappa shape index (κ1) is 15.8. The molecule has 1 heterocycles. The van der Waals surface area contributed by atoms with Gasteiger partial charge >= 0.3 is 0 Å². The van der Waals surface area contributed by atoms with Crippen molar-refractivity contribution in [2.24, 2.45) is 0 Å². The summed E-state index contributed by atoms with van der Waals surface area (Å²) in [5.41, 5.74) is 0.910. The smallest absolute Gasteiger partial charge is 0.236 e. The van der Waals surface area contributed by atoms with E-state index in [-0.39, 0.29) is 18.2 Å². The lowest BCUT2D eigenvalue weighted by molar-refractivity contribution is -0.138. The molecule has 22 heavy (non-hydrogen) atoms. The fourth-order valence-electron chi connectivity index (χ4n) is 2.45. The Morgan fingerprint density at radius 2 is 1.82 bits per heavy atom. The molecule has 0 aliphatic carbocycles. The first-order valence-electron chi connectivity index (χ1n) is 7.19. The highest BCUT2D eigenvalue weighted by Crippen LogP contribution is 2.14. The van der Waals surface area contributed by atoms with Crippen LogP contribution in [0.1, 0.15) is 12.0 Å². The Balaban J connectivity index is 1.87. The number of rotatable bonds is 4. The van der Waals surface area contributed by atoms with Crippen LogP contribution >= 0.6 is 0 Å². The van der Waals surface area contributed by atoms with Crippen LogP contribution in [0.25, 0.3) is 0 Å². The Morgan fingerprint density at radius 3 is 2.41 bits per heavy atom. The highest BCUT2D eigenvalue weighted by molar-refractivity contribution is 5.80. The monoisotopic (exact) mass is 301 g/mol. The van der Waals surface area contributed by atoms with Gasteiger partial charge in [-0.15, -0.1) is 0 Å². The van der Waals surface area contributed by atoms with Crippen LogP contribution in [0.2, 0.25) is 0 Å². The van der Waals surface area contributed by atoms with E-state index in [0.717, 1.165) is 11.3 Å². The van der Waals surface area contributed by atoms with E-state index in [2.05, 4.69) is 0 Å². The van der Waals surface area contributed by atoms with Crippen LogP contribution in [0.5, 0.6) is 5.75 Å². The molecule has 1 fully saturated rings. The number of carbonyl (C=O) groups is 2. The maximum Gasteiger partial charge on any atom is 0.236 e. The lowest BCUT2D eigenvalue weighted by Crippen LogP contribution is -2.50. The molecule has 1 aromatic carbocycles. The number of ether oxygens (including phenoxy) is 1. The van der Waals surface area contributed by atoms with Crippen molar-refractivity contribution in [1.82, 2.24) is 9.80 Å². The summed E-state index contributed by atoms with van der Waals surface area (Å²) in [6.07, 6.45) is 0.223.